The molecule has 2 aromatic carbocycles. The molecule has 138 valence electrons. The minimum Gasteiger partial charge on any atom is -0.411 e. The van der Waals surface area contributed by atoms with E-state index in [1.807, 2.05) is 0 Å². The molecule has 0 amide bonds. The van der Waals surface area contributed by atoms with Crippen LogP contribution < -0.4 is 0 Å². The van der Waals surface area contributed by atoms with Crippen LogP contribution in [-0.2, 0) is 0 Å². The second-order valence-corrected chi connectivity index (χ2v) is 6.73. The lowest BCUT2D eigenvalue weighted by Crippen LogP contribution is -2.14. The van der Waals surface area contributed by atoms with Crippen LogP contribution in [0.25, 0.3) is 11.5 Å². The Bertz CT molecular complexity index is 1020. The van der Waals surface area contributed by atoms with Gasteiger partial charge in [0, 0.05) is 23.3 Å². The summed E-state index contributed by atoms with van der Waals surface area (Å²) in [6, 6.07) is 8.59. The van der Waals surface area contributed by atoms with E-state index in [2.05, 4.69) is 10.2 Å². The third-order valence-corrected chi connectivity index (χ3v) is 4.50. The summed E-state index contributed by atoms with van der Waals surface area (Å²) in [5.41, 5.74) is 0.261. The Kier molecular flexibility index (Phi) is 5.26. The van der Waals surface area contributed by atoms with Crippen molar-refractivity contribution in [2.24, 2.45) is 0 Å². The third-order valence-electron chi connectivity index (χ3n) is 3.56. The van der Waals surface area contributed by atoms with Gasteiger partial charge in [-0.1, -0.05) is 17.8 Å². The van der Waals surface area contributed by atoms with Gasteiger partial charge in [-0.15, -0.1) is 10.2 Å². The van der Waals surface area contributed by atoms with Crippen molar-refractivity contribution in [3.63, 3.8) is 0 Å². The summed E-state index contributed by atoms with van der Waals surface area (Å²) in [5, 5.41) is 17.8. The van der Waals surface area contributed by atoms with Gasteiger partial charge < -0.3 is 4.42 Å². The number of nitro groups is 1. The summed E-state index contributed by atoms with van der Waals surface area (Å²) in [7, 11) is 0. The smallest absolute Gasteiger partial charge is 0.277 e. The number of nitro benzene ring substituents is 1. The molecule has 1 heterocycles. The molecule has 0 N–H and O–H groups in total. The molecule has 0 saturated carbocycles. The van der Waals surface area contributed by atoms with Gasteiger partial charge in [-0.25, -0.2) is 8.78 Å². The summed E-state index contributed by atoms with van der Waals surface area (Å²) in [4.78, 5) is 22.6. The number of Topliss-reactive ketones (excluding diaryl/α,β-unsaturated/α-hetero) is 1. The first-order chi connectivity index (χ1) is 12.8. The predicted molar refractivity (Wildman–Crippen MR) is 92.4 cm³/mol. The average molecular weight is 391 g/mol. The monoisotopic (exact) mass is 391 g/mol. The number of halogens is 2. The normalized spacial score (nSPS) is 12.0. The maximum atomic E-state index is 13.3. The Morgan fingerprint density at radius 1 is 1.19 bits per heavy atom. The number of ketones is 1. The number of carbonyl (C=O) groups excluding carboxylic acids is 1. The average Bonchev–Trinajstić information content (AvgIpc) is 3.12. The third kappa shape index (κ3) is 4.17. The van der Waals surface area contributed by atoms with Gasteiger partial charge >= 0.3 is 0 Å². The maximum absolute atomic E-state index is 13.3. The number of carbonyl (C=O) groups is 1. The molecule has 1 aromatic heterocycles. The Morgan fingerprint density at radius 3 is 2.67 bits per heavy atom. The van der Waals surface area contributed by atoms with Gasteiger partial charge in [0.1, 0.15) is 0 Å². The number of hydrogen-bond acceptors (Lipinski definition) is 7. The lowest BCUT2D eigenvalue weighted by atomic mass is 10.1. The van der Waals surface area contributed by atoms with Crippen molar-refractivity contribution in [1.82, 2.24) is 10.2 Å². The fourth-order valence-electron chi connectivity index (χ4n) is 2.22. The Morgan fingerprint density at radius 2 is 1.96 bits per heavy atom. The number of thioether (sulfide) groups is 1. The zero-order chi connectivity index (χ0) is 19.6. The van der Waals surface area contributed by atoms with E-state index >= 15 is 0 Å². The number of non-ortho nitro benzene ring substituents is 1. The number of aromatic nitrogens is 2. The van der Waals surface area contributed by atoms with Gasteiger partial charge in [-0.05, 0) is 31.2 Å². The fourth-order valence-corrected chi connectivity index (χ4v) is 2.98. The zero-order valence-electron chi connectivity index (χ0n) is 13.8. The molecule has 3 rings (SSSR count). The molecule has 3 aromatic rings. The van der Waals surface area contributed by atoms with Gasteiger partial charge in [0.2, 0.25) is 5.89 Å². The van der Waals surface area contributed by atoms with Crippen molar-refractivity contribution in [3.05, 3.63) is 69.8 Å². The largest absolute Gasteiger partial charge is 0.411 e. The standard InChI is InChI=1S/C17H11F2N3O4S/c1-9(15(23)10-5-6-13(18)14(19)8-10)27-17-21-20-16(26-17)11-3-2-4-12(7-11)22(24)25/h2-9H,1H3/t9-/m0/s1. The molecule has 0 aliphatic carbocycles. The quantitative estimate of drug-likeness (QED) is 0.267. The molecule has 0 radical (unpaired) electrons. The molecule has 0 aliphatic heterocycles. The molecule has 0 fully saturated rings. The molecule has 10 heteroatoms. The molecule has 0 aliphatic rings. The van der Waals surface area contributed by atoms with E-state index in [9.17, 15) is 23.7 Å². The van der Waals surface area contributed by atoms with Gasteiger partial charge in [0.05, 0.1) is 10.2 Å². The highest BCUT2D eigenvalue weighted by atomic mass is 32.2. The van der Waals surface area contributed by atoms with Crippen LogP contribution in [0.2, 0.25) is 0 Å². The van der Waals surface area contributed by atoms with Crippen molar-refractivity contribution in [1.29, 1.82) is 0 Å². The summed E-state index contributed by atoms with van der Waals surface area (Å²) in [5.74, 6) is -2.52. The van der Waals surface area contributed by atoms with E-state index < -0.39 is 27.6 Å². The second-order valence-electron chi connectivity index (χ2n) is 5.43. The van der Waals surface area contributed by atoms with Crippen molar-refractivity contribution < 1.29 is 22.9 Å². The topological polar surface area (TPSA) is 99.1 Å². The minimum atomic E-state index is -1.11. The van der Waals surface area contributed by atoms with Gasteiger partial charge in [0.15, 0.2) is 17.4 Å². The summed E-state index contributed by atoms with van der Waals surface area (Å²) in [6.07, 6.45) is 0. The van der Waals surface area contributed by atoms with Gasteiger partial charge in [0.25, 0.3) is 10.9 Å². The summed E-state index contributed by atoms with van der Waals surface area (Å²) < 4.78 is 31.7. The van der Waals surface area contributed by atoms with E-state index in [1.54, 1.807) is 13.0 Å². The molecular weight excluding hydrogens is 380 g/mol. The van der Waals surface area contributed by atoms with Crippen LogP contribution in [0.4, 0.5) is 14.5 Å². The highest BCUT2D eigenvalue weighted by Gasteiger charge is 2.21. The number of hydrogen-bond donors (Lipinski definition) is 0. The number of rotatable bonds is 6. The van der Waals surface area contributed by atoms with Crippen LogP contribution in [0.3, 0.4) is 0 Å². The van der Waals surface area contributed by atoms with Crippen LogP contribution in [0.15, 0.2) is 52.1 Å². The van der Waals surface area contributed by atoms with E-state index in [1.165, 1.54) is 24.3 Å². The summed E-state index contributed by atoms with van der Waals surface area (Å²) >= 11 is 0.943. The van der Waals surface area contributed by atoms with Gasteiger partial charge in [-0.2, -0.15) is 0 Å². The molecule has 0 unspecified atom stereocenters. The molecule has 1 atom stereocenters. The lowest BCUT2D eigenvalue weighted by molar-refractivity contribution is -0.384. The Balaban J connectivity index is 1.75. The molecular formula is C17H11F2N3O4S. The van der Waals surface area contributed by atoms with Crippen LogP contribution in [-0.4, -0.2) is 26.2 Å². The Hall–Kier alpha value is -3.14. The van der Waals surface area contributed by atoms with Crippen LogP contribution in [0.1, 0.15) is 17.3 Å². The molecule has 7 nitrogen and oxygen atoms in total. The van der Waals surface area contributed by atoms with E-state index in [4.69, 9.17) is 4.42 Å². The SMILES string of the molecule is C[C@H](Sc1nnc(-c2cccc([N+](=O)[O-])c2)o1)C(=O)c1ccc(F)c(F)c1. The highest BCUT2D eigenvalue weighted by Crippen LogP contribution is 2.29. The Labute approximate surface area is 155 Å². The molecule has 0 bridgehead atoms. The maximum Gasteiger partial charge on any atom is 0.277 e. The highest BCUT2D eigenvalue weighted by molar-refractivity contribution is 8.00. The fraction of sp³-hybridized carbons (Fsp3) is 0.118. The molecule has 0 saturated heterocycles. The van der Waals surface area contributed by atoms with Crippen molar-refractivity contribution in [3.8, 4) is 11.5 Å². The molecule has 27 heavy (non-hydrogen) atoms. The van der Waals surface area contributed by atoms with E-state index in [0.29, 0.717) is 5.56 Å². The van der Waals surface area contributed by atoms with Crippen molar-refractivity contribution in [2.75, 3.05) is 0 Å². The number of nitrogens with zero attached hydrogens (tertiary/aromatic N) is 3. The van der Waals surface area contributed by atoms with Crippen LogP contribution in [0, 0.1) is 21.7 Å². The van der Waals surface area contributed by atoms with E-state index in [0.717, 1.165) is 23.9 Å². The van der Waals surface area contributed by atoms with Gasteiger partial charge in [-0.3, -0.25) is 14.9 Å². The van der Waals surface area contributed by atoms with Crippen LogP contribution in [0.5, 0.6) is 0 Å². The summed E-state index contributed by atoms with van der Waals surface area (Å²) in [6.45, 7) is 1.56. The first-order valence-electron chi connectivity index (χ1n) is 7.59. The molecule has 0 spiro atoms. The minimum absolute atomic E-state index is 0.0207. The first kappa shape index (κ1) is 18.6. The zero-order valence-corrected chi connectivity index (χ0v) is 14.6. The van der Waals surface area contributed by atoms with Crippen LogP contribution >= 0.6 is 11.8 Å². The lowest BCUT2D eigenvalue weighted by Gasteiger charge is -2.07. The van der Waals surface area contributed by atoms with Crippen molar-refractivity contribution >= 4 is 23.2 Å². The first-order valence-corrected chi connectivity index (χ1v) is 8.47. The second kappa shape index (κ2) is 7.62. The van der Waals surface area contributed by atoms with E-state index in [-0.39, 0.29) is 22.4 Å². The number of benzene rings is 2. The predicted octanol–water partition coefficient (Wildman–Crippen LogP) is 4.29. The van der Waals surface area contributed by atoms with Crippen molar-refractivity contribution in [2.45, 2.75) is 17.4 Å².